The molecule has 11 atom stereocenters. The van der Waals surface area contributed by atoms with E-state index in [9.17, 15) is 9.59 Å². The number of ether oxygens (including phenoxy) is 1. The molecule has 6 fully saturated rings. The van der Waals surface area contributed by atoms with Crippen molar-refractivity contribution in [3.05, 3.63) is 12.7 Å². The van der Waals surface area contributed by atoms with Gasteiger partial charge in [-0.1, -0.05) is 20.4 Å². The smallest absolute Gasteiger partial charge is 0.320 e. The zero-order chi connectivity index (χ0) is 29.5. The molecule has 236 valence electrons. The molecule has 1 saturated carbocycles. The summed E-state index contributed by atoms with van der Waals surface area (Å²) in [5.41, 5.74) is 0. The molecule has 11 heteroatoms. The number of amides is 3. The van der Waals surface area contributed by atoms with Gasteiger partial charge in [0.25, 0.3) is 0 Å². The predicted octanol–water partition coefficient (Wildman–Crippen LogP) is 2.63. The van der Waals surface area contributed by atoms with Crippen molar-refractivity contribution in [2.75, 3.05) is 39.3 Å². The number of carbonyl (C=O) groups excluding carboxylic acids is 2. The molecule has 5 heterocycles. The number of alkyl halides is 2. The number of fused-ring (bicyclic) bond motifs is 5. The highest BCUT2D eigenvalue weighted by molar-refractivity contribution is 5.87. The molecule has 0 spiro atoms. The second-order valence-electron chi connectivity index (χ2n) is 13.8. The third-order valence-electron chi connectivity index (χ3n) is 11.1. The van der Waals surface area contributed by atoms with Crippen LogP contribution in [0.15, 0.2) is 12.7 Å². The van der Waals surface area contributed by atoms with Crippen molar-refractivity contribution >= 4 is 11.9 Å². The van der Waals surface area contributed by atoms with Gasteiger partial charge in [0.2, 0.25) is 5.91 Å². The van der Waals surface area contributed by atoms with Crippen LogP contribution >= 0.6 is 0 Å². The summed E-state index contributed by atoms with van der Waals surface area (Å²) in [7, 11) is 0. The Morgan fingerprint density at radius 2 is 1.83 bits per heavy atom. The van der Waals surface area contributed by atoms with Crippen LogP contribution < -0.4 is 16.0 Å². The lowest BCUT2D eigenvalue weighted by atomic mass is 9.72. The van der Waals surface area contributed by atoms with E-state index in [2.05, 4.69) is 41.3 Å². The standard InChI is InChI=1S/C31H50F2N6O3/c1-4-24(40)37-12-14-38(15-13-37)29-20-17-22(33)27-25-21(32)8-5-9-23(25)42-16-6-7-19-10-11-34-26(18(2)3)28(19)39(30(20)35-27)31(41)36-29/h4,18-23,25-30,34-35H,1,5-17H2,2-3H3,(H,36,41). The molecular weight excluding hydrogens is 542 g/mol. The molecule has 11 unspecified atom stereocenters. The summed E-state index contributed by atoms with van der Waals surface area (Å²) < 4.78 is 38.4. The largest absolute Gasteiger partial charge is 0.378 e. The Hall–Kier alpha value is -1.82. The van der Waals surface area contributed by atoms with Crippen molar-refractivity contribution in [3.63, 3.8) is 0 Å². The van der Waals surface area contributed by atoms with Crippen LogP contribution in [0.3, 0.4) is 0 Å². The molecule has 9 nitrogen and oxygen atoms in total. The maximum Gasteiger partial charge on any atom is 0.320 e. The first-order chi connectivity index (χ1) is 20.3. The molecule has 6 aliphatic rings. The van der Waals surface area contributed by atoms with Crippen LogP contribution in [-0.2, 0) is 9.53 Å². The molecule has 5 saturated heterocycles. The summed E-state index contributed by atoms with van der Waals surface area (Å²) in [5, 5.41) is 10.6. The fourth-order valence-corrected chi connectivity index (χ4v) is 9.10. The molecule has 5 aliphatic heterocycles. The zero-order valence-corrected chi connectivity index (χ0v) is 25.2. The van der Waals surface area contributed by atoms with Crippen molar-refractivity contribution in [2.24, 2.45) is 23.7 Å². The van der Waals surface area contributed by atoms with Gasteiger partial charge < -0.3 is 25.2 Å². The van der Waals surface area contributed by atoms with Crippen LogP contribution in [0.4, 0.5) is 13.6 Å². The number of urea groups is 1. The summed E-state index contributed by atoms with van der Waals surface area (Å²) >= 11 is 0. The minimum absolute atomic E-state index is 0.0682. The average Bonchev–Trinajstić information content (AvgIpc) is 2.98. The van der Waals surface area contributed by atoms with Crippen LogP contribution in [0.5, 0.6) is 0 Å². The van der Waals surface area contributed by atoms with E-state index in [1.807, 2.05) is 4.90 Å². The van der Waals surface area contributed by atoms with Gasteiger partial charge >= 0.3 is 6.03 Å². The number of hydrogen-bond acceptors (Lipinski definition) is 6. The number of piperidine rings is 2. The number of rotatable bonds is 3. The van der Waals surface area contributed by atoms with Crippen LogP contribution in [0.1, 0.15) is 58.8 Å². The van der Waals surface area contributed by atoms with Gasteiger partial charge in [0.15, 0.2) is 0 Å². The highest BCUT2D eigenvalue weighted by atomic mass is 19.1. The average molecular weight is 593 g/mol. The molecule has 42 heavy (non-hydrogen) atoms. The van der Waals surface area contributed by atoms with Gasteiger partial charge in [-0.15, -0.1) is 0 Å². The Kier molecular flexibility index (Phi) is 9.10. The molecule has 0 radical (unpaired) electrons. The Morgan fingerprint density at radius 1 is 1.05 bits per heavy atom. The number of nitrogens with zero attached hydrogens (tertiary/aromatic N) is 3. The van der Waals surface area contributed by atoms with E-state index in [0.29, 0.717) is 45.1 Å². The van der Waals surface area contributed by atoms with Gasteiger partial charge in [-0.2, -0.15) is 0 Å². The summed E-state index contributed by atoms with van der Waals surface area (Å²) in [4.78, 5) is 32.5. The highest BCUT2D eigenvalue weighted by Crippen LogP contribution is 2.43. The van der Waals surface area contributed by atoms with Crippen molar-refractivity contribution < 1.29 is 23.1 Å². The second-order valence-corrected chi connectivity index (χ2v) is 13.8. The van der Waals surface area contributed by atoms with Crippen LogP contribution in [-0.4, -0.2) is 115 Å². The molecule has 0 aromatic heterocycles. The first-order valence-electron chi connectivity index (χ1n) is 16.4. The van der Waals surface area contributed by atoms with Crippen LogP contribution in [0.25, 0.3) is 0 Å². The first-order valence-corrected chi connectivity index (χ1v) is 16.4. The third-order valence-corrected chi connectivity index (χ3v) is 11.1. The maximum atomic E-state index is 16.4. The monoisotopic (exact) mass is 592 g/mol. The summed E-state index contributed by atoms with van der Waals surface area (Å²) in [6.07, 6.45) is 2.75. The normalized spacial score (nSPS) is 43.4. The molecule has 1 aliphatic carbocycles. The van der Waals surface area contributed by atoms with E-state index >= 15 is 8.78 Å². The van der Waals surface area contributed by atoms with Gasteiger partial charge in [-0.05, 0) is 69.4 Å². The Balaban J connectivity index is 1.36. The molecule has 6 rings (SSSR count). The zero-order valence-electron chi connectivity index (χ0n) is 25.2. The molecule has 2 bridgehead atoms. The topological polar surface area (TPSA) is 89.2 Å². The van der Waals surface area contributed by atoms with Gasteiger partial charge in [-0.3, -0.25) is 15.0 Å². The van der Waals surface area contributed by atoms with Gasteiger partial charge in [0, 0.05) is 56.7 Å². The molecule has 3 N–H and O–H groups in total. The lowest BCUT2D eigenvalue weighted by molar-refractivity contribution is -0.131. The lowest BCUT2D eigenvalue weighted by Crippen LogP contribution is -2.79. The molecule has 3 amide bonds. The highest BCUT2D eigenvalue weighted by Gasteiger charge is 2.57. The maximum absolute atomic E-state index is 16.4. The van der Waals surface area contributed by atoms with Crippen molar-refractivity contribution in [2.45, 2.75) is 108 Å². The SMILES string of the molecule is C=CC(=O)N1CCN(C2NC(=O)N3C4NC(C(F)CC24)C2C(F)CCCC2OCCCC2CCNC(C(C)C)C23)CC1. The van der Waals surface area contributed by atoms with E-state index in [0.717, 1.165) is 38.6 Å². The quantitative estimate of drug-likeness (QED) is 0.437. The van der Waals surface area contributed by atoms with Gasteiger partial charge in [-0.25, -0.2) is 13.6 Å². The Morgan fingerprint density at radius 3 is 2.57 bits per heavy atom. The number of nitrogens with one attached hydrogen (secondary N) is 3. The predicted molar refractivity (Wildman–Crippen MR) is 156 cm³/mol. The fourth-order valence-electron chi connectivity index (χ4n) is 9.10. The van der Waals surface area contributed by atoms with Crippen molar-refractivity contribution in [1.29, 1.82) is 0 Å². The molecule has 0 aromatic rings. The summed E-state index contributed by atoms with van der Waals surface area (Å²) in [6.45, 7) is 11.7. The molecular formula is C31H50F2N6O3. The summed E-state index contributed by atoms with van der Waals surface area (Å²) in [6, 6.07) is -0.816. The third kappa shape index (κ3) is 5.59. The number of carbonyl (C=O) groups is 2. The van der Waals surface area contributed by atoms with Gasteiger partial charge in [0.1, 0.15) is 12.3 Å². The number of piperazine rings is 1. The fraction of sp³-hybridized carbons (Fsp3) is 0.871. The van der Waals surface area contributed by atoms with E-state index in [1.165, 1.54) is 6.08 Å². The Labute approximate surface area is 249 Å². The Bertz CT molecular complexity index is 996. The molecule has 0 aromatic carbocycles. The second kappa shape index (κ2) is 12.7. The minimum Gasteiger partial charge on any atom is -0.378 e. The number of halogens is 2. The van der Waals surface area contributed by atoms with E-state index in [1.54, 1.807) is 4.90 Å². The lowest BCUT2D eigenvalue weighted by Gasteiger charge is -2.59. The minimum atomic E-state index is -1.26. The van der Waals surface area contributed by atoms with Crippen LogP contribution in [0.2, 0.25) is 0 Å². The van der Waals surface area contributed by atoms with Crippen LogP contribution in [0, 0.1) is 23.7 Å². The van der Waals surface area contributed by atoms with E-state index in [4.69, 9.17) is 4.74 Å². The van der Waals surface area contributed by atoms with Crippen molar-refractivity contribution in [3.8, 4) is 0 Å². The summed E-state index contributed by atoms with van der Waals surface area (Å²) in [5.74, 6) is -0.311. The van der Waals surface area contributed by atoms with Gasteiger partial charge in [0.05, 0.1) is 24.5 Å². The first kappa shape index (κ1) is 30.2. The van der Waals surface area contributed by atoms with E-state index in [-0.39, 0.29) is 54.5 Å². The van der Waals surface area contributed by atoms with Crippen molar-refractivity contribution in [1.82, 2.24) is 30.7 Å². The van der Waals surface area contributed by atoms with E-state index < -0.39 is 30.5 Å². The number of hydrogen-bond donors (Lipinski definition) is 3.